The number of nitrogens with one attached hydrogen (secondary N) is 1. The third-order valence-electron chi connectivity index (χ3n) is 4.17. The minimum atomic E-state index is 0.933. The van der Waals surface area contributed by atoms with Crippen LogP contribution < -0.4 is 5.32 Å². The van der Waals surface area contributed by atoms with Gasteiger partial charge in [-0.1, -0.05) is 42.5 Å². The number of para-hydroxylation sites is 1. The summed E-state index contributed by atoms with van der Waals surface area (Å²) < 4.78 is 6.05. The molecular weight excluding hydrogens is 270 g/mol. The molecule has 0 bridgehead atoms. The lowest BCUT2D eigenvalue weighted by Crippen LogP contribution is -1.89. The van der Waals surface area contributed by atoms with Crippen molar-refractivity contribution in [3.05, 3.63) is 72.8 Å². The topological polar surface area (TPSA) is 25.2 Å². The van der Waals surface area contributed by atoms with Crippen LogP contribution in [0.5, 0.6) is 0 Å². The molecule has 0 amide bonds. The Morgan fingerprint density at radius 3 is 2.32 bits per heavy atom. The SMILES string of the molecule is c1ccc(Nc2cc3ccc4cccc5oc(c2)c3c45)cc1. The third-order valence-corrected chi connectivity index (χ3v) is 4.17. The first-order chi connectivity index (χ1) is 10.9. The van der Waals surface area contributed by atoms with Crippen molar-refractivity contribution in [2.24, 2.45) is 0 Å². The predicted octanol–water partition coefficient (Wildman–Crippen LogP) is 5.92. The van der Waals surface area contributed by atoms with Gasteiger partial charge >= 0.3 is 0 Å². The van der Waals surface area contributed by atoms with E-state index in [4.69, 9.17) is 4.42 Å². The molecule has 2 heteroatoms. The Balaban J connectivity index is 1.77. The second-order valence-electron chi connectivity index (χ2n) is 5.59. The molecule has 1 heterocycles. The monoisotopic (exact) mass is 283 g/mol. The van der Waals surface area contributed by atoms with Crippen LogP contribution in [0, 0.1) is 0 Å². The first-order valence-corrected chi connectivity index (χ1v) is 7.38. The summed E-state index contributed by atoms with van der Waals surface area (Å²) in [6, 6.07) is 25.0. The van der Waals surface area contributed by atoms with Crippen LogP contribution >= 0.6 is 0 Å². The molecule has 0 aliphatic rings. The van der Waals surface area contributed by atoms with Gasteiger partial charge in [0.05, 0.1) is 0 Å². The first kappa shape index (κ1) is 11.6. The fourth-order valence-electron chi connectivity index (χ4n) is 3.21. The number of hydrogen-bond acceptors (Lipinski definition) is 2. The van der Waals surface area contributed by atoms with Gasteiger partial charge in [0.15, 0.2) is 0 Å². The molecule has 0 saturated heterocycles. The van der Waals surface area contributed by atoms with Gasteiger partial charge in [0.1, 0.15) is 11.2 Å². The quantitative estimate of drug-likeness (QED) is 0.407. The molecule has 22 heavy (non-hydrogen) atoms. The van der Waals surface area contributed by atoms with Crippen LogP contribution in [-0.4, -0.2) is 0 Å². The van der Waals surface area contributed by atoms with Gasteiger partial charge in [0, 0.05) is 28.2 Å². The Morgan fingerprint density at radius 1 is 0.591 bits per heavy atom. The van der Waals surface area contributed by atoms with Crippen LogP contribution in [-0.2, 0) is 0 Å². The van der Waals surface area contributed by atoms with Gasteiger partial charge in [-0.15, -0.1) is 0 Å². The molecule has 0 aliphatic carbocycles. The summed E-state index contributed by atoms with van der Waals surface area (Å²) in [4.78, 5) is 0. The highest BCUT2D eigenvalue weighted by atomic mass is 16.3. The fourth-order valence-corrected chi connectivity index (χ4v) is 3.21. The van der Waals surface area contributed by atoms with Crippen LogP contribution in [0.4, 0.5) is 11.4 Å². The summed E-state index contributed by atoms with van der Waals surface area (Å²) in [7, 11) is 0. The zero-order chi connectivity index (χ0) is 14.5. The summed E-state index contributed by atoms with van der Waals surface area (Å²) in [5.41, 5.74) is 4.00. The molecule has 0 radical (unpaired) electrons. The van der Waals surface area contributed by atoms with Crippen molar-refractivity contribution in [3.63, 3.8) is 0 Å². The molecule has 5 rings (SSSR count). The zero-order valence-electron chi connectivity index (χ0n) is 11.8. The smallest absolute Gasteiger partial charge is 0.138 e. The lowest BCUT2D eigenvalue weighted by atomic mass is 10.0. The largest absolute Gasteiger partial charge is 0.456 e. The highest BCUT2D eigenvalue weighted by Gasteiger charge is 2.13. The lowest BCUT2D eigenvalue weighted by molar-refractivity contribution is 0.669. The second kappa shape index (κ2) is 4.25. The van der Waals surface area contributed by atoms with Crippen molar-refractivity contribution in [3.8, 4) is 0 Å². The van der Waals surface area contributed by atoms with Gasteiger partial charge in [-0.25, -0.2) is 0 Å². The van der Waals surface area contributed by atoms with E-state index in [0.29, 0.717) is 0 Å². The third kappa shape index (κ3) is 1.61. The van der Waals surface area contributed by atoms with Crippen molar-refractivity contribution in [2.45, 2.75) is 0 Å². The van der Waals surface area contributed by atoms with Gasteiger partial charge < -0.3 is 9.73 Å². The first-order valence-electron chi connectivity index (χ1n) is 7.38. The molecular formula is C20H13NO. The molecule has 0 unspecified atom stereocenters. The van der Waals surface area contributed by atoms with Crippen LogP contribution in [0.3, 0.4) is 0 Å². The Bertz CT molecular complexity index is 1090. The van der Waals surface area contributed by atoms with Crippen LogP contribution in [0.1, 0.15) is 0 Å². The van der Waals surface area contributed by atoms with E-state index in [-0.39, 0.29) is 0 Å². The van der Waals surface area contributed by atoms with Crippen LogP contribution in [0.25, 0.3) is 32.7 Å². The van der Waals surface area contributed by atoms with Gasteiger partial charge in [-0.3, -0.25) is 0 Å². The minimum Gasteiger partial charge on any atom is -0.456 e. The fraction of sp³-hybridized carbons (Fsp3) is 0. The van der Waals surface area contributed by atoms with Crippen LogP contribution in [0.15, 0.2) is 77.2 Å². The van der Waals surface area contributed by atoms with Crippen LogP contribution in [0.2, 0.25) is 0 Å². The van der Waals surface area contributed by atoms with Gasteiger partial charge in [0.25, 0.3) is 0 Å². The standard InChI is InChI=1S/C20H13NO/c1-2-6-15(7-3-1)21-16-11-14-10-9-13-5-4-8-17-19(13)20(14)18(12-16)22-17/h1-12,21H. The average Bonchev–Trinajstić information content (AvgIpc) is 2.93. The Kier molecular flexibility index (Phi) is 2.25. The molecule has 0 fully saturated rings. The molecule has 4 aromatic carbocycles. The van der Waals surface area contributed by atoms with E-state index in [1.807, 2.05) is 30.3 Å². The highest BCUT2D eigenvalue weighted by Crippen LogP contribution is 2.38. The van der Waals surface area contributed by atoms with Crippen molar-refractivity contribution in [1.82, 2.24) is 0 Å². The normalized spacial score (nSPS) is 11.6. The molecule has 0 spiro atoms. The zero-order valence-corrected chi connectivity index (χ0v) is 11.8. The number of benzene rings is 4. The van der Waals surface area contributed by atoms with E-state index >= 15 is 0 Å². The predicted molar refractivity (Wildman–Crippen MR) is 92.1 cm³/mol. The van der Waals surface area contributed by atoms with Gasteiger partial charge in [-0.05, 0) is 35.0 Å². The van der Waals surface area contributed by atoms with E-state index in [9.17, 15) is 0 Å². The van der Waals surface area contributed by atoms with E-state index in [1.54, 1.807) is 0 Å². The Morgan fingerprint density at radius 2 is 1.41 bits per heavy atom. The molecule has 0 aliphatic heterocycles. The van der Waals surface area contributed by atoms with Crippen molar-refractivity contribution in [1.29, 1.82) is 0 Å². The molecule has 0 atom stereocenters. The summed E-state index contributed by atoms with van der Waals surface area (Å²) in [5, 5.41) is 8.31. The minimum absolute atomic E-state index is 0.933. The van der Waals surface area contributed by atoms with E-state index in [0.717, 1.165) is 22.5 Å². The molecule has 1 N–H and O–H groups in total. The van der Waals surface area contributed by atoms with Crippen molar-refractivity contribution in [2.75, 3.05) is 5.32 Å². The summed E-state index contributed by atoms with van der Waals surface area (Å²) in [6.45, 7) is 0. The molecule has 2 nitrogen and oxygen atoms in total. The maximum atomic E-state index is 6.05. The Hall–Kier alpha value is -3.00. The van der Waals surface area contributed by atoms with Crippen molar-refractivity contribution < 1.29 is 4.42 Å². The molecule has 104 valence electrons. The maximum absolute atomic E-state index is 6.05. The van der Waals surface area contributed by atoms with E-state index < -0.39 is 0 Å². The van der Waals surface area contributed by atoms with Crippen molar-refractivity contribution >= 4 is 44.1 Å². The average molecular weight is 283 g/mol. The number of furan rings is 1. The molecule has 1 aromatic heterocycles. The summed E-state index contributed by atoms with van der Waals surface area (Å²) in [5.74, 6) is 0. The maximum Gasteiger partial charge on any atom is 0.138 e. The summed E-state index contributed by atoms with van der Waals surface area (Å²) >= 11 is 0. The lowest BCUT2D eigenvalue weighted by Gasteiger charge is -2.08. The number of rotatable bonds is 2. The summed E-state index contributed by atoms with van der Waals surface area (Å²) in [6.07, 6.45) is 0. The highest BCUT2D eigenvalue weighted by molar-refractivity contribution is 6.22. The molecule has 5 aromatic rings. The second-order valence-corrected chi connectivity index (χ2v) is 5.59. The van der Waals surface area contributed by atoms with E-state index in [2.05, 4.69) is 47.8 Å². The van der Waals surface area contributed by atoms with Gasteiger partial charge in [-0.2, -0.15) is 0 Å². The number of anilines is 2. The molecule has 0 saturated carbocycles. The number of hydrogen-bond donors (Lipinski definition) is 1. The van der Waals surface area contributed by atoms with Gasteiger partial charge in [0.2, 0.25) is 0 Å². The van der Waals surface area contributed by atoms with E-state index in [1.165, 1.54) is 21.5 Å². The Labute approximate surface area is 127 Å².